The summed E-state index contributed by atoms with van der Waals surface area (Å²) in [6, 6.07) is 13.4. The first kappa shape index (κ1) is 28.6. The second kappa shape index (κ2) is 11.0. The van der Waals surface area contributed by atoms with Gasteiger partial charge < -0.3 is 14.2 Å². The van der Waals surface area contributed by atoms with Gasteiger partial charge in [-0.05, 0) is 36.8 Å². The summed E-state index contributed by atoms with van der Waals surface area (Å²) in [6.45, 7) is 1.08. The van der Waals surface area contributed by atoms with Crippen LogP contribution in [0.5, 0.6) is 17.2 Å². The molecule has 0 spiro atoms. The van der Waals surface area contributed by atoms with E-state index in [1.165, 1.54) is 19.2 Å². The molecule has 0 aromatic heterocycles. The van der Waals surface area contributed by atoms with Crippen molar-refractivity contribution in [2.24, 2.45) is 0 Å². The van der Waals surface area contributed by atoms with E-state index in [2.05, 4.69) is 0 Å². The van der Waals surface area contributed by atoms with Crippen molar-refractivity contribution in [2.75, 3.05) is 26.5 Å². The summed E-state index contributed by atoms with van der Waals surface area (Å²) in [6.07, 6.45) is -6.59. The molecule has 1 aliphatic rings. The Morgan fingerprint density at radius 1 is 0.923 bits per heavy atom. The third-order valence-corrected chi connectivity index (χ3v) is 7.44. The van der Waals surface area contributed by atoms with Crippen LogP contribution in [0.15, 0.2) is 65.6 Å². The molecule has 1 saturated heterocycles. The Hall–Kier alpha value is -3.38. The Kier molecular flexibility index (Phi) is 8.08. The van der Waals surface area contributed by atoms with E-state index in [1.807, 2.05) is 0 Å². The Morgan fingerprint density at radius 3 is 2.08 bits per heavy atom. The average molecular weight is 572 g/mol. The molecule has 0 bridgehead atoms. The predicted octanol–water partition coefficient (Wildman–Crippen LogP) is 5.56. The molecule has 0 radical (unpaired) electrons. The fourth-order valence-corrected chi connectivity index (χ4v) is 5.24. The summed E-state index contributed by atoms with van der Waals surface area (Å²) in [5.41, 5.74) is 0.666. The van der Waals surface area contributed by atoms with Gasteiger partial charge in [0.1, 0.15) is 22.5 Å². The molecule has 6 nitrogen and oxygen atoms in total. The quantitative estimate of drug-likeness (QED) is 0.314. The molecule has 210 valence electrons. The maximum absolute atomic E-state index is 14.1. The first-order valence-electron chi connectivity index (χ1n) is 11.8. The minimum Gasteiger partial charge on any atom is -0.495 e. The second-order valence-electron chi connectivity index (χ2n) is 9.14. The van der Waals surface area contributed by atoms with Gasteiger partial charge in [0.2, 0.25) is 0 Å². The fraction of sp³-hybridized carbons (Fsp3) is 0.333. The molecule has 1 fully saturated rings. The van der Waals surface area contributed by atoms with Gasteiger partial charge in [-0.15, -0.1) is 0 Å². The molecular weight excluding hydrogens is 545 g/mol. The largest absolute Gasteiger partial charge is 0.495 e. The van der Waals surface area contributed by atoms with Crippen molar-refractivity contribution in [3.8, 4) is 17.2 Å². The number of rotatable bonds is 9. The molecule has 0 saturated carbocycles. The van der Waals surface area contributed by atoms with E-state index in [1.54, 1.807) is 35.2 Å². The first-order valence-corrected chi connectivity index (χ1v) is 13.7. The SMILES string of the molecule is COc1c(S(C)(=O)=O)ccc(O[C@@H](C)C(F)(F)F)c1C(c1ccccc1)N1CC(Oc2c(F)cccc2F)C1. The molecule has 1 heterocycles. The number of halogens is 5. The second-order valence-corrected chi connectivity index (χ2v) is 11.1. The molecule has 39 heavy (non-hydrogen) atoms. The zero-order chi connectivity index (χ0) is 28.5. The lowest BCUT2D eigenvalue weighted by Crippen LogP contribution is -2.55. The summed E-state index contributed by atoms with van der Waals surface area (Å²) in [4.78, 5) is 1.54. The predicted molar refractivity (Wildman–Crippen MR) is 133 cm³/mol. The van der Waals surface area contributed by atoms with Crippen LogP contribution in [0.25, 0.3) is 0 Å². The Bertz CT molecular complexity index is 1410. The zero-order valence-corrected chi connectivity index (χ0v) is 22.0. The maximum Gasteiger partial charge on any atom is 0.425 e. The maximum atomic E-state index is 14.1. The highest BCUT2D eigenvalue weighted by atomic mass is 32.2. The Balaban J connectivity index is 1.80. The molecule has 0 N–H and O–H groups in total. The molecule has 1 unspecified atom stereocenters. The van der Waals surface area contributed by atoms with Gasteiger partial charge in [-0.2, -0.15) is 13.2 Å². The number of alkyl halides is 3. The van der Waals surface area contributed by atoms with Gasteiger partial charge in [-0.1, -0.05) is 36.4 Å². The summed E-state index contributed by atoms with van der Waals surface area (Å²) in [5.74, 6) is -2.65. The number of hydrogen-bond acceptors (Lipinski definition) is 6. The molecule has 1 aliphatic heterocycles. The van der Waals surface area contributed by atoms with E-state index in [-0.39, 0.29) is 35.0 Å². The van der Waals surface area contributed by atoms with Crippen LogP contribution in [0.1, 0.15) is 24.1 Å². The third kappa shape index (κ3) is 6.11. The molecule has 12 heteroatoms. The lowest BCUT2D eigenvalue weighted by Gasteiger charge is -2.45. The molecule has 2 atom stereocenters. The topological polar surface area (TPSA) is 65.1 Å². The van der Waals surface area contributed by atoms with Crippen LogP contribution in [-0.2, 0) is 9.84 Å². The molecule has 3 aromatic carbocycles. The monoisotopic (exact) mass is 571 g/mol. The lowest BCUT2D eigenvalue weighted by atomic mass is 9.92. The number of likely N-dealkylation sites (tertiary alicyclic amines) is 1. The standard InChI is InChI=1S/C27H26F5NO5S/c1-16(27(30,31)32)37-21-12-13-22(39(3,34)35)26(36-2)23(21)24(17-8-5-4-6-9-17)33-14-18(15-33)38-25-19(28)10-7-11-20(25)29/h4-13,16,18,24H,14-15H2,1-3H3/t16-,24?/m0/s1. The summed E-state index contributed by atoms with van der Waals surface area (Å²) in [5, 5.41) is 0. The fourth-order valence-electron chi connectivity index (χ4n) is 4.40. The molecule has 3 aromatic rings. The number of ether oxygens (including phenoxy) is 3. The molecule has 0 aliphatic carbocycles. The van der Waals surface area contributed by atoms with E-state index >= 15 is 0 Å². The van der Waals surface area contributed by atoms with Crippen LogP contribution in [0, 0.1) is 11.6 Å². The van der Waals surface area contributed by atoms with E-state index in [4.69, 9.17) is 14.2 Å². The normalized spacial score (nSPS) is 16.3. The van der Waals surface area contributed by atoms with E-state index < -0.39 is 51.6 Å². The van der Waals surface area contributed by atoms with E-state index in [0.29, 0.717) is 5.56 Å². The van der Waals surface area contributed by atoms with Gasteiger partial charge in [-0.25, -0.2) is 17.2 Å². The highest BCUT2D eigenvalue weighted by molar-refractivity contribution is 7.90. The van der Waals surface area contributed by atoms with E-state index in [9.17, 15) is 30.4 Å². The minimum atomic E-state index is -4.69. The Morgan fingerprint density at radius 2 is 1.54 bits per heavy atom. The smallest absolute Gasteiger partial charge is 0.425 e. The summed E-state index contributed by atoms with van der Waals surface area (Å²) >= 11 is 0. The van der Waals surface area contributed by atoms with E-state index in [0.717, 1.165) is 31.4 Å². The lowest BCUT2D eigenvalue weighted by molar-refractivity contribution is -0.189. The number of methoxy groups -OCH3 is 1. The van der Waals surface area contributed by atoms with Crippen LogP contribution < -0.4 is 14.2 Å². The zero-order valence-electron chi connectivity index (χ0n) is 21.2. The van der Waals surface area contributed by atoms with Gasteiger partial charge in [0, 0.05) is 19.3 Å². The summed E-state index contributed by atoms with van der Waals surface area (Å²) in [7, 11) is -2.64. The molecule has 0 amide bonds. The van der Waals surface area contributed by atoms with Crippen LogP contribution in [0.4, 0.5) is 22.0 Å². The molecule has 4 rings (SSSR count). The van der Waals surface area contributed by atoms with Crippen LogP contribution >= 0.6 is 0 Å². The van der Waals surface area contributed by atoms with Crippen molar-refractivity contribution in [3.63, 3.8) is 0 Å². The minimum absolute atomic E-state index is 0.0678. The van der Waals surface area contributed by atoms with Gasteiger partial charge in [0.25, 0.3) is 0 Å². The number of hydrogen-bond donors (Lipinski definition) is 0. The van der Waals surface area contributed by atoms with Crippen molar-refractivity contribution in [2.45, 2.75) is 36.2 Å². The highest BCUT2D eigenvalue weighted by Crippen LogP contribution is 2.46. The molecular formula is C27H26F5NO5S. The van der Waals surface area contributed by atoms with Gasteiger partial charge in [-0.3, -0.25) is 4.90 Å². The highest BCUT2D eigenvalue weighted by Gasteiger charge is 2.42. The van der Waals surface area contributed by atoms with Crippen molar-refractivity contribution >= 4 is 9.84 Å². The Labute approximate surface area is 222 Å². The average Bonchev–Trinajstić information content (AvgIpc) is 2.84. The van der Waals surface area contributed by atoms with Gasteiger partial charge >= 0.3 is 6.18 Å². The number of nitrogens with zero attached hydrogens (tertiary/aromatic N) is 1. The van der Waals surface area contributed by atoms with Gasteiger partial charge in [0.05, 0.1) is 18.7 Å². The number of para-hydroxylation sites is 1. The third-order valence-electron chi connectivity index (χ3n) is 6.32. The summed E-state index contributed by atoms with van der Waals surface area (Å²) < 4.78 is 110. The number of benzene rings is 3. The van der Waals surface area contributed by atoms with Crippen LogP contribution in [0.2, 0.25) is 0 Å². The van der Waals surface area contributed by atoms with Gasteiger partial charge in [0.15, 0.2) is 33.3 Å². The van der Waals surface area contributed by atoms with Crippen LogP contribution in [-0.4, -0.2) is 58.2 Å². The van der Waals surface area contributed by atoms with Crippen molar-refractivity contribution in [3.05, 3.63) is 83.4 Å². The van der Waals surface area contributed by atoms with Crippen molar-refractivity contribution < 1.29 is 44.6 Å². The van der Waals surface area contributed by atoms with Crippen LogP contribution in [0.3, 0.4) is 0 Å². The van der Waals surface area contributed by atoms with Crippen molar-refractivity contribution in [1.82, 2.24) is 4.90 Å². The first-order chi connectivity index (χ1) is 18.3. The number of sulfone groups is 1. The van der Waals surface area contributed by atoms with Crippen molar-refractivity contribution in [1.29, 1.82) is 0 Å².